The molecule has 0 radical (unpaired) electrons. The third kappa shape index (κ3) is 6.04. The minimum absolute atomic E-state index is 0.0976. The van der Waals surface area contributed by atoms with Gasteiger partial charge in [-0.15, -0.1) is 0 Å². The molecule has 0 aliphatic carbocycles. The summed E-state index contributed by atoms with van der Waals surface area (Å²) in [6.07, 6.45) is -1.40. The first-order valence-electron chi connectivity index (χ1n) is 13.2. The molecule has 0 amide bonds. The van der Waals surface area contributed by atoms with Crippen LogP contribution in [0.4, 0.5) is 0 Å². The molecular formula is C24H44N2O9Si2. The van der Waals surface area contributed by atoms with Crippen molar-refractivity contribution in [1.82, 2.24) is 9.55 Å². The summed E-state index contributed by atoms with van der Waals surface area (Å²) < 4.78 is 40.3. The van der Waals surface area contributed by atoms with Crippen LogP contribution in [0.2, 0.25) is 22.2 Å². The van der Waals surface area contributed by atoms with Crippen molar-refractivity contribution < 1.29 is 32.3 Å². The van der Waals surface area contributed by atoms with E-state index in [1.54, 1.807) is 0 Å². The van der Waals surface area contributed by atoms with Crippen molar-refractivity contribution in [3.05, 3.63) is 33.1 Å². The lowest BCUT2D eigenvalue weighted by Crippen LogP contribution is -2.66. The molecule has 1 aromatic rings. The van der Waals surface area contributed by atoms with Crippen molar-refractivity contribution in [3.63, 3.8) is 0 Å². The van der Waals surface area contributed by atoms with E-state index in [-0.39, 0.29) is 48.8 Å². The van der Waals surface area contributed by atoms with Crippen LogP contribution in [0.1, 0.15) is 61.6 Å². The number of H-pyrrole nitrogens is 1. The number of aliphatic hydroxyl groups is 1. The van der Waals surface area contributed by atoms with Gasteiger partial charge in [0.1, 0.15) is 25.1 Å². The van der Waals surface area contributed by atoms with E-state index in [9.17, 15) is 9.59 Å². The fourth-order valence-electron chi connectivity index (χ4n) is 5.40. The molecular weight excluding hydrogens is 516 g/mol. The zero-order valence-corrected chi connectivity index (χ0v) is 25.3. The molecule has 2 aliphatic rings. The highest BCUT2D eigenvalue weighted by Crippen LogP contribution is 2.48. The number of fused-ring (bicyclic) bond motifs is 1. The number of aromatic amines is 1. The average molecular weight is 561 g/mol. The zero-order valence-electron chi connectivity index (χ0n) is 23.3. The van der Waals surface area contributed by atoms with Crippen LogP contribution in [0.5, 0.6) is 0 Å². The van der Waals surface area contributed by atoms with E-state index in [2.05, 4.69) is 60.4 Å². The number of ether oxygens (including phenoxy) is 3. The molecule has 0 unspecified atom stereocenters. The van der Waals surface area contributed by atoms with Crippen LogP contribution in [-0.2, 0) is 27.2 Å². The quantitative estimate of drug-likeness (QED) is 0.252. The molecule has 3 rings (SSSR count). The fourth-order valence-corrected chi connectivity index (χ4v) is 16.6. The Hall–Kier alpha value is -1.17. The van der Waals surface area contributed by atoms with E-state index in [1.807, 2.05) is 0 Å². The van der Waals surface area contributed by atoms with E-state index in [4.69, 9.17) is 32.3 Å². The predicted octanol–water partition coefficient (Wildman–Crippen LogP) is 2.74. The molecule has 0 bridgehead atoms. The van der Waals surface area contributed by atoms with Crippen LogP contribution >= 0.6 is 0 Å². The van der Waals surface area contributed by atoms with E-state index in [1.165, 1.54) is 16.8 Å². The second kappa shape index (κ2) is 12.3. The lowest BCUT2D eigenvalue weighted by atomic mass is 10.1. The number of nitrogens with one attached hydrogen (secondary N) is 1. The number of aliphatic hydroxyl groups excluding tert-OH is 1. The van der Waals surface area contributed by atoms with Crippen LogP contribution < -0.4 is 11.2 Å². The highest BCUT2D eigenvalue weighted by molar-refractivity contribution is 6.83. The Morgan fingerprint density at radius 1 is 1.05 bits per heavy atom. The summed E-state index contributed by atoms with van der Waals surface area (Å²) in [4.78, 5) is 26.8. The molecule has 4 atom stereocenters. The van der Waals surface area contributed by atoms with E-state index >= 15 is 0 Å². The first-order valence-corrected chi connectivity index (χ1v) is 17.1. The molecule has 37 heavy (non-hydrogen) atoms. The van der Waals surface area contributed by atoms with Crippen LogP contribution in [0.25, 0.3) is 0 Å². The highest BCUT2D eigenvalue weighted by Gasteiger charge is 2.62. The van der Waals surface area contributed by atoms with Crippen LogP contribution in [0.3, 0.4) is 0 Å². The number of nitrogens with zero attached hydrogens (tertiary/aromatic N) is 1. The number of aromatic nitrogens is 2. The van der Waals surface area contributed by atoms with Crippen molar-refractivity contribution in [2.24, 2.45) is 0 Å². The topological polar surface area (TPSA) is 130 Å². The van der Waals surface area contributed by atoms with Gasteiger partial charge in [-0.3, -0.25) is 14.3 Å². The van der Waals surface area contributed by atoms with Gasteiger partial charge in [-0.25, -0.2) is 4.79 Å². The van der Waals surface area contributed by atoms with Crippen LogP contribution in [0, 0.1) is 0 Å². The first-order chi connectivity index (χ1) is 17.4. The van der Waals surface area contributed by atoms with E-state index < -0.39 is 52.9 Å². The van der Waals surface area contributed by atoms with Gasteiger partial charge in [0, 0.05) is 12.3 Å². The second-order valence-electron chi connectivity index (χ2n) is 11.0. The Morgan fingerprint density at radius 2 is 1.68 bits per heavy atom. The lowest BCUT2D eigenvalue weighted by molar-refractivity contribution is -0.142. The van der Waals surface area contributed by atoms with Crippen molar-refractivity contribution in [2.75, 3.05) is 26.6 Å². The Kier molecular flexibility index (Phi) is 10.1. The van der Waals surface area contributed by atoms with Gasteiger partial charge in [-0.2, -0.15) is 0 Å². The Labute approximate surface area is 220 Å². The molecule has 3 heterocycles. The van der Waals surface area contributed by atoms with Gasteiger partial charge < -0.3 is 32.3 Å². The Balaban J connectivity index is 2.10. The second-order valence-corrected chi connectivity index (χ2v) is 19.9. The standard InChI is InChI=1S/C24H44N2O9Si2/c1-15(2)36(16(3)4)32-13-19-21(34-37(35-36,17(5)6)18(7)8)22(31-14-30-12-11-27)23(33-19)26-10-9-20(28)25-24(26)29/h9-10,15-19,21-23,27H,11-14H2,1-8H3,(H,25,28,29)/t19-,21-,22-,23-/m1/s1. The smallest absolute Gasteiger partial charge is 0.335 e. The van der Waals surface area contributed by atoms with Crippen molar-refractivity contribution in [1.29, 1.82) is 0 Å². The minimum Gasteiger partial charge on any atom is -0.414 e. The van der Waals surface area contributed by atoms with Gasteiger partial charge in [-0.05, 0) is 22.2 Å². The monoisotopic (exact) mass is 560 g/mol. The Morgan fingerprint density at radius 3 is 2.22 bits per heavy atom. The molecule has 2 aliphatic heterocycles. The first kappa shape index (κ1) is 30.4. The van der Waals surface area contributed by atoms with Crippen LogP contribution in [-0.4, -0.2) is 76.7 Å². The van der Waals surface area contributed by atoms with Gasteiger partial charge in [0.2, 0.25) is 0 Å². The SMILES string of the molecule is CC(C)[Si]1(C(C)C)OC[C@H]2O[C@@H](n3ccc(=O)[nH]c3=O)[C@H](OCOCCO)[C@@H]2O[Si](C(C)C)(C(C)C)O1. The summed E-state index contributed by atoms with van der Waals surface area (Å²) in [6.45, 7) is 17.1. The van der Waals surface area contributed by atoms with Gasteiger partial charge in [0.05, 0.1) is 19.8 Å². The zero-order chi connectivity index (χ0) is 27.5. The van der Waals surface area contributed by atoms with Crippen molar-refractivity contribution in [3.8, 4) is 0 Å². The average Bonchev–Trinajstić information content (AvgIpc) is 3.12. The van der Waals surface area contributed by atoms with Crippen molar-refractivity contribution in [2.45, 2.75) is 102 Å². The molecule has 2 saturated heterocycles. The summed E-state index contributed by atoms with van der Waals surface area (Å²) in [7, 11) is -5.74. The molecule has 0 saturated carbocycles. The maximum Gasteiger partial charge on any atom is 0.335 e. The molecule has 0 aromatic carbocycles. The van der Waals surface area contributed by atoms with Gasteiger partial charge in [0.15, 0.2) is 6.23 Å². The van der Waals surface area contributed by atoms with E-state index in [0.29, 0.717) is 0 Å². The lowest BCUT2D eigenvalue weighted by Gasteiger charge is -2.51. The summed E-state index contributed by atoms with van der Waals surface area (Å²) in [6, 6.07) is 1.27. The van der Waals surface area contributed by atoms with Gasteiger partial charge in [0.25, 0.3) is 5.56 Å². The van der Waals surface area contributed by atoms with Gasteiger partial charge >= 0.3 is 22.8 Å². The summed E-state index contributed by atoms with van der Waals surface area (Å²) >= 11 is 0. The Bertz CT molecular complexity index is 981. The van der Waals surface area contributed by atoms with Crippen LogP contribution in [0.15, 0.2) is 21.9 Å². The normalized spacial score (nSPS) is 27.6. The number of rotatable bonds is 10. The third-order valence-electron chi connectivity index (χ3n) is 7.32. The maximum atomic E-state index is 12.7. The molecule has 11 nitrogen and oxygen atoms in total. The number of hydrogen-bond donors (Lipinski definition) is 2. The molecule has 2 N–H and O–H groups in total. The number of hydrogen-bond acceptors (Lipinski definition) is 9. The van der Waals surface area contributed by atoms with Crippen molar-refractivity contribution >= 4 is 17.1 Å². The molecule has 212 valence electrons. The minimum atomic E-state index is -2.97. The predicted molar refractivity (Wildman–Crippen MR) is 142 cm³/mol. The maximum absolute atomic E-state index is 12.7. The molecule has 13 heteroatoms. The molecule has 0 spiro atoms. The van der Waals surface area contributed by atoms with E-state index in [0.717, 1.165) is 0 Å². The summed E-state index contributed by atoms with van der Waals surface area (Å²) in [5.74, 6) is 0. The van der Waals surface area contributed by atoms with Gasteiger partial charge in [-0.1, -0.05) is 55.4 Å². The molecule has 1 aromatic heterocycles. The largest absolute Gasteiger partial charge is 0.414 e. The third-order valence-corrected chi connectivity index (χ3v) is 17.6. The summed E-state index contributed by atoms with van der Waals surface area (Å²) in [5.41, 5.74) is -0.568. The molecule has 2 fully saturated rings. The fraction of sp³-hybridized carbons (Fsp3) is 0.833. The highest BCUT2D eigenvalue weighted by atomic mass is 28.5. The summed E-state index contributed by atoms with van der Waals surface area (Å²) in [5, 5.41) is 9.10.